The summed E-state index contributed by atoms with van der Waals surface area (Å²) >= 11 is 0. The summed E-state index contributed by atoms with van der Waals surface area (Å²) in [5.41, 5.74) is 0.855. The van der Waals surface area contributed by atoms with E-state index in [4.69, 9.17) is 9.47 Å². The van der Waals surface area contributed by atoms with Crippen LogP contribution in [0.15, 0.2) is 53.8 Å². The molecule has 10 heteroatoms. The van der Waals surface area contributed by atoms with Gasteiger partial charge in [0.25, 0.3) is 10.0 Å². The molecular weight excluding hydrogens is 346 g/mol. The lowest BCUT2D eigenvalue weighted by atomic mass is 10.3. The Kier molecular flexibility index (Phi) is 4.52. The van der Waals surface area contributed by atoms with Crippen LogP contribution >= 0.6 is 0 Å². The van der Waals surface area contributed by atoms with Crippen molar-refractivity contribution >= 4 is 15.7 Å². The monoisotopic (exact) mass is 361 g/mol. The number of methoxy groups -OCH3 is 2. The van der Waals surface area contributed by atoms with Gasteiger partial charge in [-0.3, -0.25) is 4.72 Å². The summed E-state index contributed by atoms with van der Waals surface area (Å²) in [5.74, 6) is 0.0589. The fourth-order valence-electron chi connectivity index (χ4n) is 2.08. The van der Waals surface area contributed by atoms with Gasteiger partial charge in [-0.1, -0.05) is 0 Å². The molecule has 2 aromatic heterocycles. The van der Waals surface area contributed by atoms with Gasteiger partial charge in [0.1, 0.15) is 5.69 Å². The quantitative estimate of drug-likeness (QED) is 0.708. The van der Waals surface area contributed by atoms with Crippen LogP contribution in [-0.4, -0.2) is 42.4 Å². The molecule has 130 valence electrons. The minimum absolute atomic E-state index is 0.0589. The van der Waals surface area contributed by atoms with Gasteiger partial charge in [0.15, 0.2) is 0 Å². The Hall–Kier alpha value is -3.14. The second kappa shape index (κ2) is 6.77. The van der Waals surface area contributed by atoms with Crippen molar-refractivity contribution < 1.29 is 17.9 Å². The third-order valence-corrected chi connectivity index (χ3v) is 4.65. The molecule has 0 radical (unpaired) electrons. The lowest BCUT2D eigenvalue weighted by Crippen LogP contribution is -2.14. The molecule has 0 amide bonds. The van der Waals surface area contributed by atoms with Crippen LogP contribution in [0.3, 0.4) is 0 Å². The Balaban J connectivity index is 1.87. The lowest BCUT2D eigenvalue weighted by Gasteiger charge is -2.11. The number of hydrogen-bond donors (Lipinski definition) is 1. The van der Waals surface area contributed by atoms with Crippen molar-refractivity contribution in [1.82, 2.24) is 19.7 Å². The standard InChI is InChI=1S/C15H15N5O4S/c1-23-14-13(10-16-15(18-14)24-2)19-25(21,22)12-6-4-11(5-7-12)20-9-3-8-17-20/h3-10,19H,1-2H3. The molecule has 0 aliphatic rings. The molecule has 1 N–H and O–H groups in total. The average molecular weight is 361 g/mol. The fourth-order valence-corrected chi connectivity index (χ4v) is 3.12. The first kappa shape index (κ1) is 16.7. The Labute approximate surface area is 144 Å². The van der Waals surface area contributed by atoms with Gasteiger partial charge in [0.05, 0.1) is 31.0 Å². The molecule has 0 saturated heterocycles. The van der Waals surface area contributed by atoms with Gasteiger partial charge in [0.2, 0.25) is 5.88 Å². The number of anilines is 1. The summed E-state index contributed by atoms with van der Waals surface area (Å²) in [5, 5.41) is 4.09. The molecule has 0 aliphatic carbocycles. The number of nitrogens with zero attached hydrogens (tertiary/aromatic N) is 4. The van der Waals surface area contributed by atoms with Gasteiger partial charge in [-0.25, -0.2) is 18.1 Å². The molecule has 1 aromatic carbocycles. The normalized spacial score (nSPS) is 11.1. The number of hydrogen-bond acceptors (Lipinski definition) is 7. The highest BCUT2D eigenvalue weighted by atomic mass is 32.2. The van der Waals surface area contributed by atoms with Gasteiger partial charge in [0, 0.05) is 12.4 Å². The molecule has 0 fully saturated rings. The summed E-state index contributed by atoms with van der Waals surface area (Å²) in [6, 6.07) is 8.13. The topological polar surface area (TPSA) is 108 Å². The van der Waals surface area contributed by atoms with Crippen molar-refractivity contribution in [3.8, 4) is 17.6 Å². The SMILES string of the molecule is COc1ncc(NS(=O)(=O)c2ccc(-n3cccn3)cc2)c(OC)n1. The van der Waals surface area contributed by atoms with Crippen LogP contribution in [-0.2, 0) is 10.0 Å². The summed E-state index contributed by atoms with van der Waals surface area (Å²) in [7, 11) is -1.06. The van der Waals surface area contributed by atoms with Gasteiger partial charge in [-0.15, -0.1) is 0 Å². The molecule has 0 bridgehead atoms. The van der Waals surface area contributed by atoms with Gasteiger partial charge >= 0.3 is 6.01 Å². The highest BCUT2D eigenvalue weighted by Crippen LogP contribution is 2.25. The Morgan fingerprint density at radius 1 is 1.12 bits per heavy atom. The van der Waals surface area contributed by atoms with Crippen LogP contribution in [0.4, 0.5) is 5.69 Å². The molecule has 0 spiro atoms. The third-order valence-electron chi connectivity index (χ3n) is 3.27. The zero-order valence-electron chi connectivity index (χ0n) is 13.4. The number of rotatable bonds is 6. The highest BCUT2D eigenvalue weighted by molar-refractivity contribution is 7.92. The molecule has 3 aromatic rings. The number of benzene rings is 1. The first-order valence-corrected chi connectivity index (χ1v) is 8.60. The second-order valence-corrected chi connectivity index (χ2v) is 6.51. The van der Waals surface area contributed by atoms with Crippen LogP contribution < -0.4 is 14.2 Å². The van der Waals surface area contributed by atoms with Crippen molar-refractivity contribution in [2.75, 3.05) is 18.9 Å². The summed E-state index contributed by atoms with van der Waals surface area (Å²) in [6.45, 7) is 0. The number of nitrogens with one attached hydrogen (secondary N) is 1. The predicted molar refractivity (Wildman–Crippen MR) is 89.5 cm³/mol. The largest absolute Gasteiger partial charge is 0.479 e. The fraction of sp³-hybridized carbons (Fsp3) is 0.133. The molecular formula is C15H15N5O4S. The number of aromatic nitrogens is 4. The van der Waals surface area contributed by atoms with E-state index in [2.05, 4.69) is 19.8 Å². The molecule has 0 saturated carbocycles. The maximum atomic E-state index is 12.5. The smallest absolute Gasteiger partial charge is 0.319 e. The summed E-state index contributed by atoms with van der Waals surface area (Å²) < 4.78 is 39.1. The first-order chi connectivity index (χ1) is 12.0. The van der Waals surface area contributed by atoms with Crippen LogP contribution in [0.1, 0.15) is 0 Å². The average Bonchev–Trinajstić information content (AvgIpc) is 3.16. The lowest BCUT2D eigenvalue weighted by molar-refractivity contribution is 0.353. The molecule has 25 heavy (non-hydrogen) atoms. The summed E-state index contributed by atoms with van der Waals surface area (Å²) in [4.78, 5) is 7.91. The van der Waals surface area contributed by atoms with E-state index in [0.29, 0.717) is 0 Å². The zero-order chi connectivity index (χ0) is 17.9. The van der Waals surface area contributed by atoms with Crippen molar-refractivity contribution in [1.29, 1.82) is 0 Å². The van der Waals surface area contributed by atoms with Crippen molar-refractivity contribution in [2.45, 2.75) is 4.90 Å². The van der Waals surface area contributed by atoms with E-state index in [1.54, 1.807) is 35.3 Å². The van der Waals surface area contributed by atoms with E-state index in [9.17, 15) is 8.42 Å². The van der Waals surface area contributed by atoms with Crippen LogP contribution in [0.2, 0.25) is 0 Å². The van der Waals surface area contributed by atoms with Crippen molar-refractivity contribution in [2.24, 2.45) is 0 Å². The number of ether oxygens (including phenoxy) is 2. The van der Waals surface area contributed by atoms with Crippen molar-refractivity contribution in [3.05, 3.63) is 48.9 Å². The molecule has 0 atom stereocenters. The number of sulfonamides is 1. The van der Waals surface area contributed by atoms with E-state index >= 15 is 0 Å². The van der Waals surface area contributed by atoms with E-state index < -0.39 is 10.0 Å². The Bertz CT molecular complexity index is 956. The van der Waals surface area contributed by atoms with Crippen LogP contribution in [0.25, 0.3) is 5.69 Å². The van der Waals surface area contributed by atoms with E-state index in [1.165, 1.54) is 32.5 Å². The second-order valence-electron chi connectivity index (χ2n) is 4.83. The van der Waals surface area contributed by atoms with E-state index in [1.807, 2.05) is 0 Å². The van der Waals surface area contributed by atoms with Crippen molar-refractivity contribution in [3.63, 3.8) is 0 Å². The van der Waals surface area contributed by atoms with Gasteiger partial charge in [-0.2, -0.15) is 10.1 Å². The minimum atomic E-state index is -3.83. The Morgan fingerprint density at radius 2 is 1.88 bits per heavy atom. The van der Waals surface area contributed by atoms with Crippen LogP contribution in [0, 0.1) is 0 Å². The molecule has 2 heterocycles. The minimum Gasteiger partial charge on any atom is -0.479 e. The maximum Gasteiger partial charge on any atom is 0.319 e. The molecule has 9 nitrogen and oxygen atoms in total. The predicted octanol–water partition coefficient (Wildman–Crippen LogP) is 1.48. The van der Waals surface area contributed by atoms with Gasteiger partial charge in [-0.05, 0) is 30.3 Å². The van der Waals surface area contributed by atoms with Gasteiger partial charge < -0.3 is 9.47 Å². The summed E-state index contributed by atoms with van der Waals surface area (Å²) in [6.07, 6.45) is 4.68. The molecule has 0 aliphatic heterocycles. The molecule has 3 rings (SSSR count). The maximum absolute atomic E-state index is 12.5. The third kappa shape index (κ3) is 3.53. The Morgan fingerprint density at radius 3 is 2.48 bits per heavy atom. The van der Waals surface area contributed by atoms with Crippen LogP contribution in [0.5, 0.6) is 11.9 Å². The first-order valence-electron chi connectivity index (χ1n) is 7.11. The zero-order valence-corrected chi connectivity index (χ0v) is 14.3. The highest BCUT2D eigenvalue weighted by Gasteiger charge is 2.18. The van der Waals surface area contributed by atoms with E-state index in [0.717, 1.165) is 5.69 Å². The molecule has 0 unspecified atom stereocenters. The van der Waals surface area contributed by atoms with E-state index in [-0.39, 0.29) is 22.5 Å².